The van der Waals surface area contributed by atoms with Crippen molar-refractivity contribution < 1.29 is 23.4 Å². The maximum absolute atomic E-state index is 12.9. The number of benzene rings is 2. The van der Waals surface area contributed by atoms with E-state index in [4.69, 9.17) is 25.8 Å². The Hall–Kier alpha value is -2.27. The molecule has 0 amide bonds. The van der Waals surface area contributed by atoms with Gasteiger partial charge < -0.3 is 14.2 Å². The van der Waals surface area contributed by atoms with Gasteiger partial charge in [0.2, 0.25) is 6.79 Å². The Balaban J connectivity index is 1.69. The lowest BCUT2D eigenvalue weighted by atomic mass is 10.1. The molecule has 0 aromatic heterocycles. The zero-order chi connectivity index (χ0) is 14.8. The Kier molecular flexibility index (Phi) is 3.66. The highest BCUT2D eigenvalue weighted by Crippen LogP contribution is 2.32. The Morgan fingerprint density at radius 1 is 1.19 bits per heavy atom. The third kappa shape index (κ3) is 2.92. The number of ether oxygens (including phenoxy) is 3. The Morgan fingerprint density at radius 2 is 2.00 bits per heavy atom. The number of fused-ring (bicyclic) bond motifs is 1. The number of ketones is 1. The zero-order valence-electron chi connectivity index (χ0n) is 10.8. The molecule has 1 heterocycles. The summed E-state index contributed by atoms with van der Waals surface area (Å²) in [5.41, 5.74) is 0.442. The standard InChI is InChI=1S/C15H10ClFO4/c16-11-6-10(17)2-4-13(11)19-7-12(18)9-1-3-14-15(5-9)21-8-20-14/h1-6H,7-8H2. The summed E-state index contributed by atoms with van der Waals surface area (Å²) in [6.45, 7) is -0.0559. The first-order valence-corrected chi connectivity index (χ1v) is 6.52. The molecule has 1 aliphatic heterocycles. The second-order valence-corrected chi connectivity index (χ2v) is 4.76. The van der Waals surface area contributed by atoms with Crippen LogP contribution in [0.25, 0.3) is 0 Å². The summed E-state index contributed by atoms with van der Waals surface area (Å²) < 4.78 is 28.6. The zero-order valence-corrected chi connectivity index (χ0v) is 11.5. The molecule has 0 N–H and O–H groups in total. The molecule has 0 saturated carbocycles. The number of Topliss-reactive ketones (excluding diaryl/α,β-unsaturated/α-hetero) is 1. The van der Waals surface area contributed by atoms with Crippen LogP contribution in [0.3, 0.4) is 0 Å². The van der Waals surface area contributed by atoms with Crippen LogP contribution in [0.5, 0.6) is 17.2 Å². The Labute approximate surface area is 125 Å². The molecule has 21 heavy (non-hydrogen) atoms. The van der Waals surface area contributed by atoms with Gasteiger partial charge in [-0.05, 0) is 36.4 Å². The fourth-order valence-electron chi connectivity index (χ4n) is 1.89. The predicted molar refractivity (Wildman–Crippen MR) is 73.8 cm³/mol. The smallest absolute Gasteiger partial charge is 0.231 e. The summed E-state index contributed by atoms with van der Waals surface area (Å²) in [6, 6.07) is 8.62. The largest absolute Gasteiger partial charge is 0.484 e. The number of rotatable bonds is 4. The minimum atomic E-state index is -0.463. The molecule has 0 aliphatic carbocycles. The van der Waals surface area contributed by atoms with E-state index in [1.165, 1.54) is 12.1 Å². The molecular weight excluding hydrogens is 299 g/mol. The van der Waals surface area contributed by atoms with Gasteiger partial charge in [0, 0.05) is 5.56 Å². The van der Waals surface area contributed by atoms with E-state index >= 15 is 0 Å². The Bertz CT molecular complexity index is 702. The summed E-state index contributed by atoms with van der Waals surface area (Å²) in [5.74, 6) is 0.685. The SMILES string of the molecule is O=C(COc1ccc(F)cc1Cl)c1ccc2c(c1)OCO2. The van der Waals surface area contributed by atoms with Gasteiger partial charge in [0.05, 0.1) is 5.02 Å². The lowest BCUT2D eigenvalue weighted by Gasteiger charge is -2.07. The second-order valence-electron chi connectivity index (χ2n) is 4.35. The number of hydrogen-bond acceptors (Lipinski definition) is 4. The predicted octanol–water partition coefficient (Wildman–Crippen LogP) is 3.47. The van der Waals surface area contributed by atoms with Gasteiger partial charge in [0.15, 0.2) is 23.9 Å². The average molecular weight is 309 g/mol. The molecule has 0 radical (unpaired) electrons. The average Bonchev–Trinajstić information content (AvgIpc) is 2.93. The number of carbonyl (C=O) groups excluding carboxylic acids is 1. The number of halogens is 2. The second kappa shape index (κ2) is 5.61. The molecule has 0 bridgehead atoms. The first-order valence-electron chi connectivity index (χ1n) is 6.14. The van der Waals surface area contributed by atoms with Crippen LogP contribution in [-0.4, -0.2) is 19.2 Å². The fourth-order valence-corrected chi connectivity index (χ4v) is 2.11. The van der Waals surface area contributed by atoms with Crippen LogP contribution in [0, 0.1) is 5.82 Å². The maximum Gasteiger partial charge on any atom is 0.231 e. The lowest BCUT2D eigenvalue weighted by molar-refractivity contribution is 0.0921. The summed E-state index contributed by atoms with van der Waals surface area (Å²) in [4.78, 5) is 12.1. The van der Waals surface area contributed by atoms with Crippen LogP contribution in [0.4, 0.5) is 4.39 Å². The molecule has 0 fully saturated rings. The maximum atomic E-state index is 12.9. The van der Waals surface area contributed by atoms with E-state index in [-0.39, 0.29) is 30.0 Å². The third-order valence-corrected chi connectivity index (χ3v) is 3.24. The van der Waals surface area contributed by atoms with Crippen molar-refractivity contribution in [2.75, 3.05) is 13.4 Å². The van der Waals surface area contributed by atoms with Crippen LogP contribution >= 0.6 is 11.6 Å². The minimum Gasteiger partial charge on any atom is -0.484 e. The van der Waals surface area contributed by atoms with Gasteiger partial charge in [-0.25, -0.2) is 4.39 Å². The first-order chi connectivity index (χ1) is 10.1. The van der Waals surface area contributed by atoms with Crippen molar-refractivity contribution in [3.8, 4) is 17.2 Å². The summed E-state index contributed by atoms with van der Waals surface area (Å²) in [6.07, 6.45) is 0. The topological polar surface area (TPSA) is 44.8 Å². The van der Waals surface area contributed by atoms with Crippen molar-refractivity contribution in [2.24, 2.45) is 0 Å². The molecule has 2 aromatic rings. The van der Waals surface area contributed by atoms with Crippen LogP contribution in [-0.2, 0) is 0 Å². The van der Waals surface area contributed by atoms with Crippen LogP contribution in [0.2, 0.25) is 5.02 Å². The molecule has 1 aliphatic rings. The minimum absolute atomic E-state index is 0.119. The van der Waals surface area contributed by atoms with E-state index in [1.54, 1.807) is 18.2 Å². The van der Waals surface area contributed by atoms with Crippen molar-refractivity contribution in [1.82, 2.24) is 0 Å². The van der Waals surface area contributed by atoms with E-state index in [0.29, 0.717) is 17.1 Å². The van der Waals surface area contributed by atoms with Crippen molar-refractivity contribution >= 4 is 17.4 Å². The fraction of sp³-hybridized carbons (Fsp3) is 0.133. The van der Waals surface area contributed by atoms with E-state index in [9.17, 15) is 9.18 Å². The van der Waals surface area contributed by atoms with Gasteiger partial charge in [0.25, 0.3) is 0 Å². The van der Waals surface area contributed by atoms with Gasteiger partial charge in [-0.3, -0.25) is 4.79 Å². The highest BCUT2D eigenvalue weighted by atomic mass is 35.5. The van der Waals surface area contributed by atoms with Gasteiger partial charge in [-0.15, -0.1) is 0 Å². The summed E-state index contributed by atoms with van der Waals surface area (Å²) in [5, 5.41) is 0.119. The monoisotopic (exact) mass is 308 g/mol. The van der Waals surface area contributed by atoms with E-state index in [0.717, 1.165) is 6.07 Å². The van der Waals surface area contributed by atoms with E-state index in [1.807, 2.05) is 0 Å². The molecule has 6 heteroatoms. The summed E-state index contributed by atoms with van der Waals surface area (Å²) >= 11 is 5.82. The third-order valence-electron chi connectivity index (χ3n) is 2.95. The van der Waals surface area contributed by atoms with Gasteiger partial charge in [-0.1, -0.05) is 11.6 Å². The van der Waals surface area contributed by atoms with E-state index < -0.39 is 5.82 Å². The highest BCUT2D eigenvalue weighted by molar-refractivity contribution is 6.32. The molecule has 4 nitrogen and oxygen atoms in total. The van der Waals surface area contributed by atoms with Crippen LogP contribution in [0.1, 0.15) is 10.4 Å². The van der Waals surface area contributed by atoms with Crippen molar-refractivity contribution in [2.45, 2.75) is 0 Å². The summed E-state index contributed by atoms with van der Waals surface area (Å²) in [7, 11) is 0. The van der Waals surface area contributed by atoms with E-state index in [2.05, 4.69) is 0 Å². The van der Waals surface area contributed by atoms with Crippen LogP contribution < -0.4 is 14.2 Å². The molecule has 0 atom stereocenters. The molecule has 2 aromatic carbocycles. The highest BCUT2D eigenvalue weighted by Gasteiger charge is 2.16. The molecular formula is C15H10ClFO4. The van der Waals surface area contributed by atoms with Crippen molar-refractivity contribution in [1.29, 1.82) is 0 Å². The van der Waals surface area contributed by atoms with Crippen molar-refractivity contribution in [3.63, 3.8) is 0 Å². The molecule has 0 spiro atoms. The molecule has 0 saturated heterocycles. The van der Waals surface area contributed by atoms with Crippen molar-refractivity contribution in [3.05, 3.63) is 52.8 Å². The normalized spacial score (nSPS) is 12.3. The van der Waals surface area contributed by atoms with Gasteiger partial charge >= 0.3 is 0 Å². The lowest BCUT2D eigenvalue weighted by Crippen LogP contribution is -2.11. The first kappa shape index (κ1) is 13.7. The quantitative estimate of drug-likeness (QED) is 0.811. The van der Waals surface area contributed by atoms with Gasteiger partial charge in [-0.2, -0.15) is 0 Å². The molecule has 108 valence electrons. The van der Waals surface area contributed by atoms with Gasteiger partial charge in [0.1, 0.15) is 11.6 Å². The molecule has 0 unspecified atom stereocenters. The number of carbonyl (C=O) groups is 1. The van der Waals surface area contributed by atoms with Crippen LogP contribution in [0.15, 0.2) is 36.4 Å². The molecule has 3 rings (SSSR count). The Morgan fingerprint density at radius 3 is 2.81 bits per heavy atom. The number of hydrogen-bond donors (Lipinski definition) is 0.